The fourth-order valence-corrected chi connectivity index (χ4v) is 6.62. The van der Waals surface area contributed by atoms with Crippen LogP contribution in [0.3, 0.4) is 0 Å². The Hall–Kier alpha value is -4.28. The Morgan fingerprint density at radius 2 is 2.02 bits per heavy atom. The molecule has 0 bridgehead atoms. The molecule has 0 amide bonds. The Balaban J connectivity index is 1.36. The van der Waals surface area contributed by atoms with Crippen LogP contribution >= 0.6 is 11.6 Å². The first-order valence-electron chi connectivity index (χ1n) is 17.2. The molecule has 11 nitrogen and oxygen atoms in total. The van der Waals surface area contributed by atoms with Crippen LogP contribution in [0.1, 0.15) is 48.4 Å². The Morgan fingerprint density at radius 3 is 2.76 bits per heavy atom. The van der Waals surface area contributed by atoms with E-state index >= 15 is 0 Å². The monoisotopic (exact) mass is 716 g/mol. The lowest BCUT2D eigenvalue weighted by atomic mass is 9.77. The smallest absolute Gasteiger partial charge is 0.306 e. The number of rotatable bonds is 18. The number of ether oxygens (including phenoxy) is 3. The second-order valence-corrected chi connectivity index (χ2v) is 13.4. The van der Waals surface area contributed by atoms with E-state index in [1.54, 1.807) is 24.4 Å². The van der Waals surface area contributed by atoms with Crippen LogP contribution in [-0.2, 0) is 22.7 Å². The number of pyridine rings is 1. The minimum atomic E-state index is -1.09. The number of carboxylic acids is 1. The highest BCUT2D eigenvalue weighted by Crippen LogP contribution is 2.41. The number of aliphatic carboxylic acids is 1. The van der Waals surface area contributed by atoms with Crippen molar-refractivity contribution in [3.8, 4) is 17.6 Å². The fourth-order valence-electron chi connectivity index (χ4n) is 6.38. The van der Waals surface area contributed by atoms with Crippen molar-refractivity contribution in [2.45, 2.75) is 57.1 Å². The molecule has 2 heterocycles. The number of hydrogen-bond donors (Lipinski definition) is 4. The third-order valence-electron chi connectivity index (χ3n) is 9.19. The van der Waals surface area contributed by atoms with Gasteiger partial charge in [0.1, 0.15) is 36.4 Å². The highest BCUT2D eigenvalue weighted by molar-refractivity contribution is 6.32. The predicted octanol–water partition coefficient (Wildman–Crippen LogP) is 4.99. The summed E-state index contributed by atoms with van der Waals surface area (Å²) in [6.07, 6.45) is 9.13. The number of nitrogens with zero attached hydrogens (tertiary/aromatic N) is 3. The van der Waals surface area contributed by atoms with Gasteiger partial charge in [0.05, 0.1) is 29.2 Å². The molecule has 0 spiro atoms. The standard InChI is InChI=1S/C39H45ClN4O7/c1-27-34(30-7-3-2-4-8-30)9-5-11-39(27,51-14-6-12-44-13-10-32(45)24-44)26-50-37-18-36(49-25-29-15-28(19-41)20-42-21-29)31(16-35(37)40)22-43-23-33(46)17-38(47)48/h2-5,7-9,11,15-16,18,20-21,27,32-33,43,45-46H,6,10,12-14,17,22-26H2,1H3,(H,47,48)/t27?,32-,33?,39?/m1/s1. The van der Waals surface area contributed by atoms with E-state index in [0.29, 0.717) is 46.4 Å². The number of hydrogen-bond acceptors (Lipinski definition) is 10. The minimum absolute atomic E-state index is 0.0510. The summed E-state index contributed by atoms with van der Waals surface area (Å²) < 4.78 is 19.5. The molecule has 1 aromatic heterocycles. The molecule has 5 rings (SSSR count). The van der Waals surface area contributed by atoms with E-state index in [2.05, 4.69) is 46.4 Å². The Kier molecular flexibility index (Phi) is 13.6. The van der Waals surface area contributed by atoms with Crippen LogP contribution in [0.25, 0.3) is 5.57 Å². The van der Waals surface area contributed by atoms with Gasteiger partial charge in [0.25, 0.3) is 0 Å². The highest BCUT2D eigenvalue weighted by atomic mass is 35.5. The molecule has 3 unspecified atom stereocenters. The van der Waals surface area contributed by atoms with Crippen LogP contribution in [0, 0.1) is 17.2 Å². The maximum absolute atomic E-state index is 11.0. The highest BCUT2D eigenvalue weighted by Gasteiger charge is 2.40. The number of nitrogens with one attached hydrogen (secondary N) is 1. The topological polar surface area (TPSA) is 157 Å². The van der Waals surface area contributed by atoms with Gasteiger partial charge in [-0.2, -0.15) is 5.26 Å². The average Bonchev–Trinajstić information content (AvgIpc) is 3.55. The molecule has 1 saturated heterocycles. The average molecular weight is 717 g/mol. The SMILES string of the molecule is CC1C(c2ccccc2)=CC=CC1(COc1cc(OCc2cncc(C#N)c2)c(CNCC(O)CC(=O)O)cc1Cl)OCCCN1CC[C@@H](O)C1. The third-order valence-corrected chi connectivity index (χ3v) is 9.49. The van der Waals surface area contributed by atoms with Crippen molar-refractivity contribution in [1.82, 2.24) is 15.2 Å². The second kappa shape index (κ2) is 18.3. The lowest BCUT2D eigenvalue weighted by Gasteiger charge is -2.40. The largest absolute Gasteiger partial charge is 0.489 e. The summed E-state index contributed by atoms with van der Waals surface area (Å²) in [7, 11) is 0. The van der Waals surface area contributed by atoms with Crippen LogP contribution in [0.2, 0.25) is 5.02 Å². The van der Waals surface area contributed by atoms with Crippen molar-refractivity contribution < 1.29 is 34.3 Å². The number of nitriles is 1. The van der Waals surface area contributed by atoms with Gasteiger partial charge >= 0.3 is 5.97 Å². The maximum Gasteiger partial charge on any atom is 0.306 e. The summed E-state index contributed by atoms with van der Waals surface area (Å²) in [5.74, 6) is -0.325. The first-order valence-corrected chi connectivity index (χ1v) is 17.6. The number of carboxylic acid groups (broad SMARTS) is 1. The molecule has 4 N–H and O–H groups in total. The summed E-state index contributed by atoms with van der Waals surface area (Å²) in [4.78, 5) is 17.4. The van der Waals surface area contributed by atoms with Gasteiger partial charge in [-0.1, -0.05) is 61.0 Å². The fraction of sp³-hybridized carbons (Fsp3) is 0.410. The lowest BCUT2D eigenvalue weighted by Crippen LogP contribution is -2.45. The number of allylic oxidation sites excluding steroid dienone is 2. The lowest BCUT2D eigenvalue weighted by molar-refractivity contribution is -0.139. The van der Waals surface area contributed by atoms with Gasteiger partial charge in [0, 0.05) is 74.8 Å². The molecule has 270 valence electrons. The van der Waals surface area contributed by atoms with Crippen LogP contribution in [0.5, 0.6) is 11.5 Å². The molecule has 2 aliphatic rings. The first kappa shape index (κ1) is 38.0. The minimum Gasteiger partial charge on any atom is -0.489 e. The molecular formula is C39H45ClN4O7. The van der Waals surface area contributed by atoms with Crippen LogP contribution < -0.4 is 14.8 Å². The second-order valence-electron chi connectivity index (χ2n) is 13.0. The van der Waals surface area contributed by atoms with Crippen LogP contribution in [-0.4, -0.2) is 88.4 Å². The number of aliphatic hydroxyl groups excluding tert-OH is 2. The summed E-state index contributed by atoms with van der Waals surface area (Å²) in [6, 6.07) is 17.4. The van der Waals surface area contributed by atoms with Gasteiger partial charge in [-0.05, 0) is 42.2 Å². The predicted molar refractivity (Wildman–Crippen MR) is 193 cm³/mol. The number of β-amino-alcohol motifs (C(OH)–C–C–N with tert-alkyl or cyclic N) is 1. The molecule has 1 aliphatic carbocycles. The van der Waals surface area contributed by atoms with Crippen molar-refractivity contribution in [1.29, 1.82) is 5.26 Å². The van der Waals surface area contributed by atoms with Gasteiger partial charge in [-0.3, -0.25) is 9.78 Å². The van der Waals surface area contributed by atoms with Crippen LogP contribution in [0.4, 0.5) is 0 Å². The molecule has 4 atom stereocenters. The van der Waals surface area contributed by atoms with Gasteiger partial charge in [-0.15, -0.1) is 0 Å². The number of likely N-dealkylation sites (tertiary alicyclic amines) is 1. The number of halogens is 1. The zero-order chi connectivity index (χ0) is 36.2. The maximum atomic E-state index is 11.0. The van der Waals surface area contributed by atoms with Crippen molar-refractivity contribution in [2.24, 2.45) is 5.92 Å². The van der Waals surface area contributed by atoms with Crippen molar-refractivity contribution in [3.63, 3.8) is 0 Å². The molecule has 3 aromatic rings. The van der Waals surface area contributed by atoms with E-state index in [-0.39, 0.29) is 44.7 Å². The van der Waals surface area contributed by atoms with Gasteiger partial charge in [0.2, 0.25) is 0 Å². The Labute approximate surface area is 303 Å². The van der Waals surface area contributed by atoms with E-state index in [4.69, 9.17) is 30.9 Å². The third kappa shape index (κ3) is 10.6. The van der Waals surface area contributed by atoms with Gasteiger partial charge in [0.15, 0.2) is 0 Å². The zero-order valence-electron chi connectivity index (χ0n) is 28.7. The van der Waals surface area contributed by atoms with E-state index in [1.807, 2.05) is 30.4 Å². The van der Waals surface area contributed by atoms with E-state index in [0.717, 1.165) is 37.1 Å². The van der Waals surface area contributed by atoms with Crippen molar-refractivity contribution in [3.05, 3.63) is 106 Å². The quantitative estimate of drug-likeness (QED) is 0.132. The van der Waals surface area contributed by atoms with Gasteiger partial charge < -0.3 is 39.7 Å². The van der Waals surface area contributed by atoms with E-state index in [1.165, 1.54) is 6.20 Å². The molecule has 2 aromatic carbocycles. The molecule has 1 fully saturated rings. The zero-order valence-corrected chi connectivity index (χ0v) is 29.5. The summed E-state index contributed by atoms with van der Waals surface area (Å²) >= 11 is 6.83. The summed E-state index contributed by atoms with van der Waals surface area (Å²) in [5, 5.41) is 41.7. The Morgan fingerprint density at radius 1 is 1.20 bits per heavy atom. The van der Waals surface area contributed by atoms with Crippen LogP contribution in [0.15, 0.2) is 79.2 Å². The molecule has 51 heavy (non-hydrogen) atoms. The van der Waals surface area contributed by atoms with E-state index in [9.17, 15) is 20.3 Å². The van der Waals surface area contributed by atoms with Crippen molar-refractivity contribution in [2.75, 3.05) is 39.4 Å². The van der Waals surface area contributed by atoms with Crippen molar-refractivity contribution >= 4 is 23.1 Å². The summed E-state index contributed by atoms with van der Waals surface area (Å²) in [6.45, 7) is 5.57. The summed E-state index contributed by atoms with van der Waals surface area (Å²) in [5.41, 5.74) is 3.17. The number of aliphatic hydroxyl groups is 2. The number of benzene rings is 2. The number of aromatic nitrogens is 1. The molecule has 0 radical (unpaired) electrons. The van der Waals surface area contributed by atoms with Gasteiger partial charge in [-0.25, -0.2) is 0 Å². The molecule has 1 aliphatic heterocycles. The molecular weight excluding hydrogens is 672 g/mol. The molecule has 12 heteroatoms. The number of carbonyl (C=O) groups is 1. The first-order chi connectivity index (χ1) is 24.7. The van der Waals surface area contributed by atoms with E-state index < -0.39 is 17.7 Å². The molecule has 0 saturated carbocycles. The Bertz CT molecular complexity index is 1730. The normalized spacial score (nSPS) is 20.8.